The lowest BCUT2D eigenvalue weighted by Crippen LogP contribution is -2.31. The quantitative estimate of drug-likeness (QED) is 0.890. The first-order chi connectivity index (χ1) is 10.5. The highest BCUT2D eigenvalue weighted by atomic mass is 35.5. The number of nitrogens with two attached hydrogens (primary N) is 1. The highest BCUT2D eigenvalue weighted by molar-refractivity contribution is 6.43. The maximum Gasteiger partial charge on any atom is 0.0971 e. The molecule has 1 atom stereocenters. The Hall–Kier alpha value is -0.850. The number of hydrogen-bond donors (Lipinski definition) is 1. The normalized spacial score (nSPS) is 21.4. The summed E-state index contributed by atoms with van der Waals surface area (Å²) in [5, 5.41) is 9.39. The fourth-order valence-corrected chi connectivity index (χ4v) is 3.20. The maximum atomic E-state index is 6.22. The number of nitrogens with zero attached hydrogens (tertiary/aromatic N) is 4. The van der Waals surface area contributed by atoms with Gasteiger partial charge >= 0.3 is 0 Å². The van der Waals surface area contributed by atoms with Gasteiger partial charge in [-0.2, -0.15) is 0 Å². The van der Waals surface area contributed by atoms with Crippen molar-refractivity contribution in [3.8, 4) is 5.69 Å². The standard InChI is InChI=1S/C15H19Cl2N5.ClH/c1-15(9-18)5-6-21(10-15)7-11-8-22(20-19-11)13-4-2-3-12(16)14(13)17;/h2-4,8H,5-7,9-10,18H2,1H3;1H. The number of halogens is 3. The highest BCUT2D eigenvalue weighted by Crippen LogP contribution is 2.30. The predicted molar refractivity (Wildman–Crippen MR) is 95.7 cm³/mol. The molecule has 1 aromatic heterocycles. The molecule has 23 heavy (non-hydrogen) atoms. The summed E-state index contributed by atoms with van der Waals surface area (Å²) in [6, 6.07) is 5.47. The molecule has 0 bridgehead atoms. The second-order valence-electron chi connectivity index (χ2n) is 6.20. The summed E-state index contributed by atoms with van der Waals surface area (Å²) in [6.45, 7) is 5.75. The molecule has 1 fully saturated rings. The van der Waals surface area contributed by atoms with Gasteiger partial charge in [-0.15, -0.1) is 17.5 Å². The topological polar surface area (TPSA) is 60.0 Å². The highest BCUT2D eigenvalue weighted by Gasteiger charge is 2.32. The monoisotopic (exact) mass is 375 g/mol. The van der Waals surface area contributed by atoms with Gasteiger partial charge in [0.1, 0.15) is 0 Å². The van der Waals surface area contributed by atoms with Crippen LogP contribution >= 0.6 is 35.6 Å². The van der Waals surface area contributed by atoms with Crippen molar-refractivity contribution >= 4 is 35.6 Å². The molecule has 2 heterocycles. The average molecular weight is 377 g/mol. The zero-order chi connectivity index (χ0) is 15.7. The second kappa shape index (κ2) is 7.36. The molecule has 0 aliphatic carbocycles. The van der Waals surface area contributed by atoms with Crippen LogP contribution in [-0.2, 0) is 6.54 Å². The molecule has 126 valence electrons. The molecule has 1 aliphatic rings. The van der Waals surface area contributed by atoms with Crippen LogP contribution in [0.3, 0.4) is 0 Å². The minimum atomic E-state index is 0. The van der Waals surface area contributed by atoms with E-state index < -0.39 is 0 Å². The van der Waals surface area contributed by atoms with Crippen molar-refractivity contribution in [3.63, 3.8) is 0 Å². The van der Waals surface area contributed by atoms with Crippen LogP contribution in [0, 0.1) is 5.41 Å². The molecule has 2 aromatic rings. The molecule has 0 saturated carbocycles. The summed E-state index contributed by atoms with van der Waals surface area (Å²) in [7, 11) is 0. The Morgan fingerprint density at radius 1 is 1.35 bits per heavy atom. The second-order valence-corrected chi connectivity index (χ2v) is 6.99. The van der Waals surface area contributed by atoms with E-state index >= 15 is 0 Å². The van der Waals surface area contributed by atoms with Crippen molar-refractivity contribution < 1.29 is 0 Å². The van der Waals surface area contributed by atoms with Gasteiger partial charge in [0.15, 0.2) is 0 Å². The van der Waals surface area contributed by atoms with Crippen LogP contribution in [0.5, 0.6) is 0 Å². The van der Waals surface area contributed by atoms with E-state index in [2.05, 4.69) is 22.1 Å². The van der Waals surface area contributed by atoms with Gasteiger partial charge in [0.2, 0.25) is 0 Å². The molecule has 1 aromatic carbocycles. The molecular weight excluding hydrogens is 357 g/mol. The largest absolute Gasteiger partial charge is 0.330 e. The Morgan fingerprint density at radius 3 is 2.83 bits per heavy atom. The number of benzene rings is 1. The number of hydrogen-bond acceptors (Lipinski definition) is 4. The van der Waals surface area contributed by atoms with Crippen LogP contribution in [0.4, 0.5) is 0 Å². The van der Waals surface area contributed by atoms with Gasteiger partial charge in [-0.05, 0) is 37.1 Å². The Bertz CT molecular complexity index is 675. The van der Waals surface area contributed by atoms with Crippen molar-refractivity contribution in [3.05, 3.63) is 40.1 Å². The van der Waals surface area contributed by atoms with Crippen LogP contribution in [0.1, 0.15) is 19.0 Å². The summed E-state index contributed by atoms with van der Waals surface area (Å²) in [5.74, 6) is 0. The predicted octanol–water partition coefficient (Wildman–Crippen LogP) is 3.17. The lowest BCUT2D eigenvalue weighted by molar-refractivity contribution is 0.272. The average Bonchev–Trinajstić information content (AvgIpc) is 3.10. The van der Waals surface area contributed by atoms with E-state index in [1.807, 2.05) is 18.3 Å². The lowest BCUT2D eigenvalue weighted by atomic mass is 9.90. The van der Waals surface area contributed by atoms with Gasteiger partial charge in [-0.25, -0.2) is 4.68 Å². The van der Waals surface area contributed by atoms with Crippen LogP contribution in [0.2, 0.25) is 10.0 Å². The smallest absolute Gasteiger partial charge is 0.0971 e. The molecule has 0 spiro atoms. The van der Waals surface area contributed by atoms with E-state index in [1.165, 1.54) is 0 Å². The SMILES string of the molecule is CC1(CN)CCN(Cc2cn(-c3cccc(Cl)c3Cl)nn2)C1.Cl. The van der Waals surface area contributed by atoms with Crippen molar-refractivity contribution in [2.75, 3.05) is 19.6 Å². The van der Waals surface area contributed by atoms with Crippen LogP contribution in [0.15, 0.2) is 24.4 Å². The first-order valence-corrected chi connectivity index (χ1v) is 8.04. The summed E-state index contributed by atoms with van der Waals surface area (Å²) < 4.78 is 1.67. The molecule has 1 saturated heterocycles. The molecule has 8 heteroatoms. The van der Waals surface area contributed by atoms with Crippen molar-refractivity contribution in [1.82, 2.24) is 19.9 Å². The van der Waals surface area contributed by atoms with Crippen LogP contribution in [0.25, 0.3) is 5.69 Å². The minimum absolute atomic E-state index is 0. The Labute approximate surface area is 152 Å². The molecule has 0 radical (unpaired) electrons. The summed E-state index contributed by atoms with van der Waals surface area (Å²) >= 11 is 12.3. The van der Waals surface area contributed by atoms with Crippen molar-refractivity contribution in [2.24, 2.45) is 11.1 Å². The van der Waals surface area contributed by atoms with E-state index in [0.29, 0.717) is 16.6 Å². The molecule has 2 N–H and O–H groups in total. The van der Waals surface area contributed by atoms with E-state index in [4.69, 9.17) is 28.9 Å². The lowest BCUT2D eigenvalue weighted by Gasteiger charge is -2.21. The summed E-state index contributed by atoms with van der Waals surface area (Å²) in [6.07, 6.45) is 3.02. The van der Waals surface area contributed by atoms with E-state index in [0.717, 1.165) is 37.4 Å². The van der Waals surface area contributed by atoms with Gasteiger partial charge in [-0.1, -0.05) is 41.4 Å². The third-order valence-electron chi connectivity index (χ3n) is 4.23. The first-order valence-electron chi connectivity index (χ1n) is 7.29. The molecule has 3 rings (SSSR count). The number of likely N-dealkylation sites (tertiary alicyclic amines) is 1. The number of aromatic nitrogens is 3. The third-order valence-corrected chi connectivity index (χ3v) is 5.04. The maximum absolute atomic E-state index is 6.22. The van der Waals surface area contributed by atoms with Crippen molar-refractivity contribution in [2.45, 2.75) is 19.9 Å². The summed E-state index contributed by atoms with van der Waals surface area (Å²) in [4.78, 5) is 2.36. The zero-order valence-corrected chi connectivity index (χ0v) is 15.2. The molecule has 0 amide bonds. The fraction of sp³-hybridized carbons (Fsp3) is 0.467. The van der Waals surface area contributed by atoms with Gasteiger partial charge in [0.25, 0.3) is 0 Å². The Kier molecular flexibility index (Phi) is 5.92. The minimum Gasteiger partial charge on any atom is -0.330 e. The van der Waals surface area contributed by atoms with Gasteiger partial charge in [0.05, 0.1) is 27.6 Å². The third kappa shape index (κ3) is 3.98. The summed E-state index contributed by atoms with van der Waals surface area (Å²) in [5.41, 5.74) is 7.71. The molecule has 5 nitrogen and oxygen atoms in total. The van der Waals surface area contributed by atoms with E-state index in [9.17, 15) is 0 Å². The van der Waals surface area contributed by atoms with Crippen molar-refractivity contribution in [1.29, 1.82) is 0 Å². The van der Waals surface area contributed by atoms with Gasteiger partial charge < -0.3 is 5.73 Å². The fourth-order valence-electron chi connectivity index (χ4n) is 2.81. The van der Waals surface area contributed by atoms with E-state index in [1.54, 1.807) is 10.7 Å². The molecule has 1 aliphatic heterocycles. The first kappa shape index (κ1) is 18.5. The zero-order valence-electron chi connectivity index (χ0n) is 12.9. The Balaban J connectivity index is 0.00000192. The molecular formula is C15H20Cl3N5. The van der Waals surface area contributed by atoms with Gasteiger partial charge in [-0.3, -0.25) is 4.90 Å². The van der Waals surface area contributed by atoms with Crippen LogP contribution < -0.4 is 5.73 Å². The van der Waals surface area contributed by atoms with Crippen LogP contribution in [-0.4, -0.2) is 39.5 Å². The molecule has 1 unspecified atom stereocenters. The van der Waals surface area contributed by atoms with Gasteiger partial charge in [0, 0.05) is 13.1 Å². The van der Waals surface area contributed by atoms with E-state index in [-0.39, 0.29) is 17.8 Å². The Morgan fingerprint density at radius 2 is 2.13 bits per heavy atom. The number of rotatable bonds is 4.